The van der Waals surface area contributed by atoms with Gasteiger partial charge in [0.2, 0.25) is 0 Å². The molecular formula is C21H16F3N3O2S. The first-order valence-corrected chi connectivity index (χ1v) is 9.14. The maximum absolute atomic E-state index is 13.5. The predicted octanol–water partition coefficient (Wildman–Crippen LogP) is 4.32. The summed E-state index contributed by atoms with van der Waals surface area (Å²) in [5.74, 6) is -0.553. The fourth-order valence-electron chi connectivity index (χ4n) is 3.42. The molecule has 1 heterocycles. The van der Waals surface area contributed by atoms with Crippen LogP contribution in [0, 0.1) is 11.3 Å². The fraction of sp³-hybridized carbons (Fsp3) is 0.190. The lowest BCUT2D eigenvalue weighted by molar-refractivity contribution is -0.137. The van der Waals surface area contributed by atoms with Gasteiger partial charge in [0.25, 0.3) is 5.91 Å². The van der Waals surface area contributed by atoms with Gasteiger partial charge < -0.3 is 10.0 Å². The Bertz CT molecular complexity index is 1080. The van der Waals surface area contributed by atoms with Gasteiger partial charge in [-0.1, -0.05) is 18.2 Å². The van der Waals surface area contributed by atoms with Crippen LogP contribution in [0.1, 0.15) is 23.6 Å². The minimum atomic E-state index is -4.77. The highest BCUT2D eigenvalue weighted by Gasteiger charge is 2.53. The smallest absolute Gasteiger partial charge is 0.417 e. The minimum Gasteiger partial charge on any atom is -0.508 e. The predicted molar refractivity (Wildman–Crippen MR) is 109 cm³/mol. The number of rotatable bonds is 4. The first kappa shape index (κ1) is 21.3. The molecule has 0 saturated carbocycles. The number of phenolic OH excluding ortho intramolecular Hbond substituents is 1. The summed E-state index contributed by atoms with van der Waals surface area (Å²) >= 11 is 5.45. The molecule has 1 saturated heterocycles. The first-order valence-electron chi connectivity index (χ1n) is 8.73. The van der Waals surface area contributed by atoms with Gasteiger partial charge in [-0.25, -0.2) is 0 Å². The number of benzene rings is 2. The SMILES string of the molecule is C=CCN1C(=S)N(c2ccc(C#N)c(C(F)(F)F)c2)C(=O)C1(C)c1ccc(O)cc1. The maximum atomic E-state index is 13.5. The number of aromatic hydroxyl groups is 1. The van der Waals surface area contributed by atoms with Gasteiger partial charge in [0, 0.05) is 6.54 Å². The number of carbonyl (C=O) groups excluding carboxylic acids is 1. The van der Waals surface area contributed by atoms with E-state index in [4.69, 9.17) is 17.5 Å². The van der Waals surface area contributed by atoms with Crippen molar-refractivity contribution in [3.05, 3.63) is 71.8 Å². The second-order valence-electron chi connectivity index (χ2n) is 6.78. The molecule has 1 amide bonds. The Morgan fingerprint density at radius 2 is 1.90 bits per heavy atom. The Balaban J connectivity index is 2.17. The Kier molecular flexibility index (Phi) is 5.31. The van der Waals surface area contributed by atoms with Crippen LogP contribution in [0.3, 0.4) is 0 Å². The van der Waals surface area contributed by atoms with E-state index in [9.17, 15) is 23.1 Å². The van der Waals surface area contributed by atoms with E-state index in [0.29, 0.717) is 5.56 Å². The number of hydrogen-bond donors (Lipinski definition) is 1. The van der Waals surface area contributed by atoms with Crippen LogP contribution >= 0.6 is 12.2 Å². The van der Waals surface area contributed by atoms with Gasteiger partial charge in [0.1, 0.15) is 11.3 Å². The molecule has 3 rings (SSSR count). The molecule has 2 aromatic carbocycles. The second-order valence-corrected chi connectivity index (χ2v) is 7.15. The van der Waals surface area contributed by atoms with E-state index in [1.807, 2.05) is 0 Å². The molecule has 1 aliphatic heterocycles. The minimum absolute atomic E-state index is 0.00408. The summed E-state index contributed by atoms with van der Waals surface area (Å²) in [5, 5.41) is 18.6. The molecule has 1 aliphatic rings. The molecule has 1 N–H and O–H groups in total. The summed E-state index contributed by atoms with van der Waals surface area (Å²) in [6.07, 6.45) is -3.24. The number of amides is 1. The van der Waals surface area contributed by atoms with Crippen LogP contribution in [-0.4, -0.2) is 27.6 Å². The number of anilines is 1. The van der Waals surface area contributed by atoms with Crippen molar-refractivity contribution in [3.63, 3.8) is 0 Å². The van der Waals surface area contributed by atoms with Gasteiger partial charge in [-0.2, -0.15) is 18.4 Å². The number of halogens is 3. The lowest BCUT2D eigenvalue weighted by Gasteiger charge is -2.32. The van der Waals surface area contributed by atoms with E-state index in [-0.39, 0.29) is 23.1 Å². The largest absolute Gasteiger partial charge is 0.508 e. The van der Waals surface area contributed by atoms with Gasteiger partial charge in [0.05, 0.1) is 22.9 Å². The van der Waals surface area contributed by atoms with Gasteiger partial charge in [-0.15, -0.1) is 6.58 Å². The highest BCUT2D eigenvalue weighted by molar-refractivity contribution is 7.80. The van der Waals surface area contributed by atoms with E-state index >= 15 is 0 Å². The van der Waals surface area contributed by atoms with Crippen molar-refractivity contribution < 1.29 is 23.1 Å². The molecule has 0 bridgehead atoms. The average Bonchev–Trinajstić information content (AvgIpc) is 2.89. The zero-order valence-electron chi connectivity index (χ0n) is 15.8. The number of nitrogens with zero attached hydrogens (tertiary/aromatic N) is 3. The topological polar surface area (TPSA) is 67.6 Å². The van der Waals surface area contributed by atoms with Gasteiger partial charge in [0.15, 0.2) is 5.11 Å². The van der Waals surface area contributed by atoms with Gasteiger partial charge in [-0.05, 0) is 55.0 Å². The van der Waals surface area contributed by atoms with E-state index in [0.717, 1.165) is 17.0 Å². The van der Waals surface area contributed by atoms with E-state index < -0.39 is 28.7 Å². The van der Waals surface area contributed by atoms with Crippen LogP contribution in [0.2, 0.25) is 0 Å². The fourth-order valence-corrected chi connectivity index (χ4v) is 3.86. The van der Waals surface area contributed by atoms with Crippen molar-refractivity contribution in [1.82, 2.24) is 4.90 Å². The quantitative estimate of drug-likeness (QED) is 0.577. The van der Waals surface area contributed by atoms with Crippen molar-refractivity contribution in [3.8, 4) is 11.8 Å². The highest BCUT2D eigenvalue weighted by atomic mass is 32.1. The van der Waals surface area contributed by atoms with Crippen molar-refractivity contribution in [2.45, 2.75) is 18.6 Å². The number of alkyl halides is 3. The third-order valence-electron chi connectivity index (χ3n) is 5.01. The van der Waals surface area contributed by atoms with Crippen molar-refractivity contribution in [2.24, 2.45) is 0 Å². The summed E-state index contributed by atoms with van der Waals surface area (Å²) in [6.45, 7) is 5.44. The molecule has 0 aliphatic carbocycles. The number of hydrogen-bond acceptors (Lipinski definition) is 4. The molecule has 1 atom stereocenters. The number of phenols is 1. The van der Waals surface area contributed by atoms with E-state index in [1.54, 1.807) is 24.0 Å². The van der Waals surface area contributed by atoms with Gasteiger partial charge >= 0.3 is 6.18 Å². The standard InChI is InChI=1S/C21H16F3N3O2S/c1-3-10-26-19(30)27(15-7-4-13(12-25)17(11-15)21(22,23)24)18(29)20(26,2)14-5-8-16(28)9-6-14/h3-9,11,28H,1,10H2,2H3. The molecule has 0 spiro atoms. The molecule has 1 unspecified atom stereocenters. The summed E-state index contributed by atoms with van der Waals surface area (Å²) in [6, 6.07) is 10.5. The maximum Gasteiger partial charge on any atom is 0.417 e. The summed E-state index contributed by atoms with van der Waals surface area (Å²) in [4.78, 5) is 16.1. The molecule has 154 valence electrons. The normalized spacial score (nSPS) is 19.2. The Morgan fingerprint density at radius 1 is 1.27 bits per heavy atom. The summed E-state index contributed by atoms with van der Waals surface area (Å²) in [5.41, 5.74) is -2.61. The van der Waals surface area contributed by atoms with Crippen molar-refractivity contribution in [1.29, 1.82) is 5.26 Å². The highest BCUT2D eigenvalue weighted by Crippen LogP contribution is 2.42. The average molecular weight is 431 g/mol. The molecule has 2 aromatic rings. The van der Waals surface area contributed by atoms with Crippen LogP contribution in [0.4, 0.5) is 18.9 Å². The van der Waals surface area contributed by atoms with Crippen LogP contribution in [0.5, 0.6) is 5.75 Å². The van der Waals surface area contributed by atoms with Gasteiger partial charge in [-0.3, -0.25) is 9.69 Å². The molecule has 0 aromatic heterocycles. The molecular weight excluding hydrogens is 415 g/mol. The van der Waals surface area contributed by atoms with Crippen LogP contribution in [-0.2, 0) is 16.5 Å². The lowest BCUT2D eigenvalue weighted by Crippen LogP contribution is -2.44. The lowest BCUT2D eigenvalue weighted by atomic mass is 9.90. The second kappa shape index (κ2) is 7.46. The monoisotopic (exact) mass is 431 g/mol. The van der Waals surface area contributed by atoms with Crippen LogP contribution < -0.4 is 4.90 Å². The van der Waals surface area contributed by atoms with E-state index in [1.165, 1.54) is 30.3 Å². The Morgan fingerprint density at radius 3 is 2.43 bits per heavy atom. The third kappa shape index (κ3) is 3.29. The first-order chi connectivity index (χ1) is 14.1. The third-order valence-corrected chi connectivity index (χ3v) is 5.41. The van der Waals surface area contributed by atoms with E-state index in [2.05, 4.69) is 6.58 Å². The van der Waals surface area contributed by atoms with Crippen LogP contribution in [0.15, 0.2) is 55.1 Å². The molecule has 1 fully saturated rings. The Hall–Kier alpha value is -3.38. The molecule has 9 heteroatoms. The number of carbonyl (C=O) groups is 1. The van der Waals surface area contributed by atoms with Crippen molar-refractivity contribution in [2.75, 3.05) is 11.4 Å². The Labute approximate surface area is 176 Å². The molecule has 5 nitrogen and oxygen atoms in total. The summed E-state index contributed by atoms with van der Waals surface area (Å²) in [7, 11) is 0. The zero-order chi connectivity index (χ0) is 22.3. The summed E-state index contributed by atoms with van der Waals surface area (Å²) < 4.78 is 40.2. The molecule has 0 radical (unpaired) electrons. The van der Waals surface area contributed by atoms with Crippen molar-refractivity contribution >= 4 is 28.9 Å². The number of thiocarbonyl (C=S) groups is 1. The van der Waals surface area contributed by atoms with Crippen LogP contribution in [0.25, 0.3) is 0 Å². The zero-order valence-corrected chi connectivity index (χ0v) is 16.6. The number of nitriles is 1. The molecule has 30 heavy (non-hydrogen) atoms.